The number of amides is 1. The molecule has 0 rings (SSSR count). The van der Waals surface area contributed by atoms with E-state index in [1.54, 1.807) is 0 Å². The van der Waals surface area contributed by atoms with Gasteiger partial charge >= 0.3 is 0 Å². The van der Waals surface area contributed by atoms with E-state index < -0.39 is 0 Å². The van der Waals surface area contributed by atoms with Crippen molar-refractivity contribution in [3.05, 3.63) is 0 Å². The van der Waals surface area contributed by atoms with Gasteiger partial charge in [0.1, 0.15) is 0 Å². The van der Waals surface area contributed by atoms with Crippen molar-refractivity contribution in [1.82, 2.24) is 10.2 Å². The quantitative estimate of drug-likeness (QED) is 0.675. The Bertz CT molecular complexity index is 202. The van der Waals surface area contributed by atoms with E-state index in [2.05, 4.69) is 24.1 Å². The molecule has 0 aliphatic carbocycles. The molecule has 0 radical (unpaired) electrons. The summed E-state index contributed by atoms with van der Waals surface area (Å²) in [5.41, 5.74) is 5.39. The second-order valence-electron chi connectivity index (χ2n) is 4.90. The fraction of sp³-hybridized carbons (Fsp3) is 0.909. The minimum Gasteiger partial charge on any atom is -0.354 e. The highest BCUT2D eigenvalue weighted by Crippen LogP contribution is 2.08. The van der Waals surface area contributed by atoms with Gasteiger partial charge in [-0.3, -0.25) is 4.79 Å². The maximum absolute atomic E-state index is 11.6. The average molecular weight is 215 g/mol. The summed E-state index contributed by atoms with van der Waals surface area (Å²) < 4.78 is 0. The molecule has 15 heavy (non-hydrogen) atoms. The number of nitrogens with zero attached hydrogens (tertiary/aromatic N) is 1. The van der Waals surface area contributed by atoms with Crippen LogP contribution in [0.5, 0.6) is 0 Å². The number of nitrogens with two attached hydrogens (primary N) is 1. The Kier molecular flexibility index (Phi) is 5.83. The average Bonchev–Trinajstić information content (AvgIpc) is 2.14. The van der Waals surface area contributed by atoms with E-state index in [9.17, 15) is 4.79 Å². The zero-order valence-electron chi connectivity index (χ0n) is 10.6. The topological polar surface area (TPSA) is 58.4 Å². The molecule has 0 saturated carbocycles. The van der Waals surface area contributed by atoms with Gasteiger partial charge in [0.15, 0.2) is 0 Å². The van der Waals surface area contributed by atoms with E-state index in [0.717, 1.165) is 6.42 Å². The van der Waals surface area contributed by atoms with Crippen LogP contribution >= 0.6 is 0 Å². The first-order valence-corrected chi connectivity index (χ1v) is 5.46. The van der Waals surface area contributed by atoms with Crippen LogP contribution in [0.4, 0.5) is 0 Å². The molecule has 90 valence electrons. The summed E-state index contributed by atoms with van der Waals surface area (Å²) in [6.45, 7) is 7.33. The van der Waals surface area contributed by atoms with Crippen LogP contribution in [0.25, 0.3) is 0 Å². The highest BCUT2D eigenvalue weighted by Gasteiger charge is 2.22. The summed E-state index contributed by atoms with van der Waals surface area (Å²) in [6, 6.07) is 0. The molecule has 1 atom stereocenters. The van der Waals surface area contributed by atoms with Crippen molar-refractivity contribution in [1.29, 1.82) is 0 Å². The molecule has 0 spiro atoms. The van der Waals surface area contributed by atoms with Gasteiger partial charge in [0.05, 0.1) is 0 Å². The van der Waals surface area contributed by atoms with Crippen molar-refractivity contribution in [2.24, 2.45) is 11.7 Å². The molecule has 0 fully saturated rings. The van der Waals surface area contributed by atoms with Gasteiger partial charge in [-0.15, -0.1) is 0 Å². The monoisotopic (exact) mass is 215 g/mol. The second kappa shape index (κ2) is 6.08. The first kappa shape index (κ1) is 14.4. The van der Waals surface area contributed by atoms with Crippen LogP contribution in [0.15, 0.2) is 0 Å². The first-order valence-electron chi connectivity index (χ1n) is 5.46. The molecule has 4 heteroatoms. The predicted molar refractivity (Wildman–Crippen MR) is 63.6 cm³/mol. The number of hydrogen-bond acceptors (Lipinski definition) is 3. The van der Waals surface area contributed by atoms with E-state index >= 15 is 0 Å². The molecular formula is C11H25N3O. The Hall–Kier alpha value is -0.610. The summed E-state index contributed by atoms with van der Waals surface area (Å²) in [7, 11) is 4.02. The van der Waals surface area contributed by atoms with Gasteiger partial charge in [-0.2, -0.15) is 0 Å². The number of likely N-dealkylation sites (N-methyl/N-ethyl adjacent to an activating group) is 1. The number of carbonyl (C=O) groups is 1. The highest BCUT2D eigenvalue weighted by molar-refractivity contribution is 5.78. The summed E-state index contributed by atoms with van der Waals surface area (Å²) in [5.74, 6) is 0.100. The van der Waals surface area contributed by atoms with Gasteiger partial charge in [-0.1, -0.05) is 6.92 Å². The summed E-state index contributed by atoms with van der Waals surface area (Å²) in [4.78, 5) is 13.7. The number of nitrogens with one attached hydrogen (secondary N) is 1. The minimum atomic E-state index is -0.0158. The normalized spacial score (nSPS) is 14.1. The molecule has 3 N–H and O–H groups in total. The van der Waals surface area contributed by atoms with Gasteiger partial charge in [0.25, 0.3) is 0 Å². The van der Waals surface area contributed by atoms with Crippen LogP contribution in [0.3, 0.4) is 0 Å². The maximum Gasteiger partial charge on any atom is 0.222 e. The number of rotatable bonds is 6. The smallest absolute Gasteiger partial charge is 0.222 e. The van der Waals surface area contributed by atoms with Crippen molar-refractivity contribution in [2.75, 3.05) is 27.2 Å². The van der Waals surface area contributed by atoms with Crippen LogP contribution in [0, 0.1) is 5.92 Å². The standard InChI is InChI=1S/C11H25N3O/c1-9(6-7-12)10(15)13-8-11(2,3)14(4)5/h9H,6-8,12H2,1-5H3,(H,13,15). The molecule has 0 aliphatic heterocycles. The van der Waals surface area contributed by atoms with Crippen LogP contribution in [-0.2, 0) is 4.79 Å². The lowest BCUT2D eigenvalue weighted by Crippen LogP contribution is -2.49. The third-order valence-electron chi connectivity index (χ3n) is 2.95. The predicted octanol–water partition coefficient (Wildman–Crippen LogP) is 0.428. The van der Waals surface area contributed by atoms with E-state index in [1.807, 2.05) is 21.0 Å². The molecule has 0 aromatic carbocycles. The molecule has 1 unspecified atom stereocenters. The van der Waals surface area contributed by atoms with Crippen molar-refractivity contribution < 1.29 is 4.79 Å². The lowest BCUT2D eigenvalue weighted by atomic mass is 10.0. The van der Waals surface area contributed by atoms with Crippen molar-refractivity contribution in [3.8, 4) is 0 Å². The Morgan fingerprint density at radius 1 is 1.47 bits per heavy atom. The van der Waals surface area contributed by atoms with Crippen LogP contribution in [0.2, 0.25) is 0 Å². The van der Waals surface area contributed by atoms with Crippen molar-refractivity contribution in [3.63, 3.8) is 0 Å². The summed E-state index contributed by atoms with van der Waals surface area (Å²) in [6.07, 6.45) is 0.744. The molecule has 4 nitrogen and oxygen atoms in total. The van der Waals surface area contributed by atoms with Gasteiger partial charge in [-0.25, -0.2) is 0 Å². The van der Waals surface area contributed by atoms with E-state index in [0.29, 0.717) is 13.1 Å². The van der Waals surface area contributed by atoms with Gasteiger partial charge in [0, 0.05) is 18.0 Å². The summed E-state index contributed by atoms with van der Waals surface area (Å²) in [5, 5.41) is 2.95. The zero-order chi connectivity index (χ0) is 12.1. The zero-order valence-corrected chi connectivity index (χ0v) is 10.6. The SMILES string of the molecule is CC(CCN)C(=O)NCC(C)(C)N(C)C. The van der Waals surface area contributed by atoms with Crippen LogP contribution < -0.4 is 11.1 Å². The molecule has 0 saturated heterocycles. The lowest BCUT2D eigenvalue weighted by molar-refractivity contribution is -0.125. The minimum absolute atomic E-state index is 0.00737. The van der Waals surface area contributed by atoms with Crippen LogP contribution in [-0.4, -0.2) is 43.5 Å². The second-order valence-corrected chi connectivity index (χ2v) is 4.90. The Morgan fingerprint density at radius 3 is 2.40 bits per heavy atom. The van der Waals surface area contributed by atoms with Gasteiger partial charge in [-0.05, 0) is 40.9 Å². The van der Waals surface area contributed by atoms with E-state index in [-0.39, 0.29) is 17.4 Å². The Balaban J connectivity index is 4.00. The fourth-order valence-corrected chi connectivity index (χ4v) is 1.02. The third kappa shape index (κ3) is 5.14. The summed E-state index contributed by atoms with van der Waals surface area (Å²) >= 11 is 0. The number of hydrogen-bond donors (Lipinski definition) is 2. The van der Waals surface area contributed by atoms with Crippen molar-refractivity contribution in [2.45, 2.75) is 32.7 Å². The first-order chi connectivity index (χ1) is 6.81. The molecule has 0 aliphatic rings. The molecular weight excluding hydrogens is 190 g/mol. The van der Waals surface area contributed by atoms with Crippen molar-refractivity contribution >= 4 is 5.91 Å². The van der Waals surface area contributed by atoms with Gasteiger partial charge in [0.2, 0.25) is 5.91 Å². The maximum atomic E-state index is 11.6. The number of carbonyl (C=O) groups excluding carboxylic acids is 1. The largest absolute Gasteiger partial charge is 0.354 e. The third-order valence-corrected chi connectivity index (χ3v) is 2.95. The van der Waals surface area contributed by atoms with Gasteiger partial charge < -0.3 is 16.0 Å². The van der Waals surface area contributed by atoms with E-state index in [4.69, 9.17) is 5.73 Å². The Labute approximate surface area is 93.2 Å². The fourth-order valence-electron chi connectivity index (χ4n) is 1.02. The Morgan fingerprint density at radius 2 is 2.00 bits per heavy atom. The molecule has 0 aromatic heterocycles. The molecule has 0 aromatic rings. The molecule has 0 heterocycles. The van der Waals surface area contributed by atoms with Crippen LogP contribution in [0.1, 0.15) is 27.2 Å². The van der Waals surface area contributed by atoms with E-state index in [1.165, 1.54) is 0 Å². The highest BCUT2D eigenvalue weighted by atomic mass is 16.1. The lowest BCUT2D eigenvalue weighted by Gasteiger charge is -2.33. The molecule has 0 bridgehead atoms. The molecule has 1 amide bonds.